The summed E-state index contributed by atoms with van der Waals surface area (Å²) in [7, 11) is 0. The molecule has 24 heavy (non-hydrogen) atoms. The first kappa shape index (κ1) is 18.8. The predicted octanol–water partition coefficient (Wildman–Crippen LogP) is 3.96. The molecule has 0 radical (unpaired) electrons. The summed E-state index contributed by atoms with van der Waals surface area (Å²) in [5, 5.41) is 2.90. The lowest BCUT2D eigenvalue weighted by atomic mass is 10.0. The van der Waals surface area contributed by atoms with Gasteiger partial charge in [-0.2, -0.15) is 0 Å². The van der Waals surface area contributed by atoms with Crippen LogP contribution >= 0.6 is 0 Å². The lowest BCUT2D eigenvalue weighted by Crippen LogP contribution is -2.30. The fourth-order valence-corrected chi connectivity index (χ4v) is 3.04. The Morgan fingerprint density at radius 3 is 2.75 bits per heavy atom. The molecule has 0 unspecified atom stereocenters. The Kier molecular flexibility index (Phi) is 7.57. The minimum absolute atomic E-state index is 0.0622. The van der Waals surface area contributed by atoms with E-state index in [9.17, 15) is 4.79 Å². The standard InChI is InChI=1S/C20H31NO3/c1-15(2)18-10-9-16(3)13-19(18)24-14-20(22)21-11-6-12-23-17-7-4-5-8-17/h9-10,13,15,17H,4-8,11-12,14H2,1-3H3,(H,21,22). The van der Waals surface area contributed by atoms with Crippen molar-refractivity contribution in [2.75, 3.05) is 19.8 Å². The first-order valence-electron chi connectivity index (χ1n) is 9.18. The molecule has 0 spiro atoms. The van der Waals surface area contributed by atoms with Crippen LogP contribution in [-0.2, 0) is 9.53 Å². The Hall–Kier alpha value is -1.55. The fraction of sp³-hybridized carbons (Fsp3) is 0.650. The van der Waals surface area contributed by atoms with Gasteiger partial charge in [-0.3, -0.25) is 4.79 Å². The number of hydrogen-bond acceptors (Lipinski definition) is 3. The maximum absolute atomic E-state index is 11.9. The van der Waals surface area contributed by atoms with Crippen LogP contribution in [0.1, 0.15) is 63.0 Å². The monoisotopic (exact) mass is 333 g/mol. The Labute approximate surface area is 145 Å². The van der Waals surface area contributed by atoms with Crippen LogP contribution in [0.25, 0.3) is 0 Å². The number of amides is 1. The van der Waals surface area contributed by atoms with E-state index < -0.39 is 0 Å². The third-order valence-corrected chi connectivity index (χ3v) is 4.45. The number of rotatable bonds is 9. The summed E-state index contributed by atoms with van der Waals surface area (Å²) in [5.74, 6) is 1.10. The van der Waals surface area contributed by atoms with E-state index in [-0.39, 0.29) is 12.5 Å². The predicted molar refractivity (Wildman–Crippen MR) is 96.6 cm³/mol. The van der Waals surface area contributed by atoms with Crippen molar-refractivity contribution in [1.82, 2.24) is 5.32 Å². The van der Waals surface area contributed by atoms with E-state index in [1.165, 1.54) is 25.7 Å². The van der Waals surface area contributed by atoms with Crippen molar-refractivity contribution in [3.63, 3.8) is 0 Å². The van der Waals surface area contributed by atoms with Crippen molar-refractivity contribution in [3.05, 3.63) is 29.3 Å². The van der Waals surface area contributed by atoms with Gasteiger partial charge in [-0.15, -0.1) is 0 Å². The first-order chi connectivity index (χ1) is 11.6. The zero-order valence-corrected chi connectivity index (χ0v) is 15.3. The molecule has 1 aliphatic rings. The van der Waals surface area contributed by atoms with Crippen LogP contribution in [-0.4, -0.2) is 31.8 Å². The van der Waals surface area contributed by atoms with Crippen LogP contribution in [0.15, 0.2) is 18.2 Å². The minimum atomic E-state index is -0.0768. The number of benzene rings is 1. The number of nitrogens with one attached hydrogen (secondary N) is 1. The molecule has 1 aliphatic carbocycles. The smallest absolute Gasteiger partial charge is 0.257 e. The second kappa shape index (κ2) is 9.67. The van der Waals surface area contributed by atoms with Crippen LogP contribution in [0.5, 0.6) is 5.75 Å². The Morgan fingerprint density at radius 1 is 1.29 bits per heavy atom. The summed E-state index contributed by atoms with van der Waals surface area (Å²) < 4.78 is 11.5. The molecular weight excluding hydrogens is 302 g/mol. The van der Waals surface area contributed by atoms with E-state index in [1.54, 1.807) is 0 Å². The molecule has 1 aromatic rings. The average Bonchev–Trinajstić information content (AvgIpc) is 3.05. The minimum Gasteiger partial charge on any atom is -0.483 e. The Balaban J connectivity index is 1.65. The Morgan fingerprint density at radius 2 is 2.04 bits per heavy atom. The molecule has 1 saturated carbocycles. The molecule has 1 N–H and O–H groups in total. The number of carbonyl (C=O) groups is 1. The van der Waals surface area contributed by atoms with Gasteiger partial charge in [-0.05, 0) is 49.3 Å². The van der Waals surface area contributed by atoms with Crippen LogP contribution in [0.4, 0.5) is 0 Å². The number of aryl methyl sites for hydroxylation is 1. The van der Waals surface area contributed by atoms with Gasteiger partial charge in [0, 0.05) is 13.2 Å². The molecular formula is C20H31NO3. The molecule has 1 aromatic carbocycles. The number of carbonyl (C=O) groups excluding carboxylic acids is 1. The summed E-state index contributed by atoms with van der Waals surface area (Å²) >= 11 is 0. The number of ether oxygens (including phenoxy) is 2. The topological polar surface area (TPSA) is 47.6 Å². The normalized spacial score (nSPS) is 15.0. The van der Waals surface area contributed by atoms with Gasteiger partial charge in [0.05, 0.1) is 6.10 Å². The zero-order valence-electron chi connectivity index (χ0n) is 15.3. The summed E-state index contributed by atoms with van der Waals surface area (Å²) in [6, 6.07) is 6.15. The van der Waals surface area contributed by atoms with Gasteiger partial charge in [0.1, 0.15) is 5.75 Å². The summed E-state index contributed by atoms with van der Waals surface area (Å²) in [6.07, 6.45) is 6.25. The third-order valence-electron chi connectivity index (χ3n) is 4.45. The van der Waals surface area contributed by atoms with Crippen LogP contribution in [0.2, 0.25) is 0 Å². The highest BCUT2D eigenvalue weighted by Crippen LogP contribution is 2.27. The van der Waals surface area contributed by atoms with E-state index in [1.807, 2.05) is 13.0 Å². The van der Waals surface area contributed by atoms with Gasteiger partial charge in [0.2, 0.25) is 0 Å². The van der Waals surface area contributed by atoms with Crippen molar-refractivity contribution in [2.45, 2.75) is 64.9 Å². The highest BCUT2D eigenvalue weighted by atomic mass is 16.5. The summed E-state index contributed by atoms with van der Waals surface area (Å²) in [4.78, 5) is 11.9. The molecule has 1 fully saturated rings. The molecule has 2 rings (SSSR count). The summed E-state index contributed by atoms with van der Waals surface area (Å²) in [5.41, 5.74) is 2.28. The summed E-state index contributed by atoms with van der Waals surface area (Å²) in [6.45, 7) is 7.71. The van der Waals surface area contributed by atoms with E-state index >= 15 is 0 Å². The Bertz CT molecular complexity index is 522. The van der Waals surface area contributed by atoms with Crippen LogP contribution in [0.3, 0.4) is 0 Å². The van der Waals surface area contributed by atoms with Gasteiger partial charge < -0.3 is 14.8 Å². The SMILES string of the molecule is Cc1ccc(C(C)C)c(OCC(=O)NCCCOC2CCCC2)c1. The van der Waals surface area contributed by atoms with Gasteiger partial charge >= 0.3 is 0 Å². The van der Waals surface area contributed by atoms with Crippen LogP contribution < -0.4 is 10.1 Å². The fourth-order valence-electron chi connectivity index (χ4n) is 3.04. The highest BCUT2D eigenvalue weighted by Gasteiger charge is 2.14. The lowest BCUT2D eigenvalue weighted by molar-refractivity contribution is -0.123. The van der Waals surface area contributed by atoms with Gasteiger partial charge in [0.25, 0.3) is 5.91 Å². The number of hydrogen-bond donors (Lipinski definition) is 1. The van der Waals surface area contributed by atoms with Crippen molar-refractivity contribution >= 4 is 5.91 Å². The maximum atomic E-state index is 11.9. The largest absolute Gasteiger partial charge is 0.483 e. The molecule has 134 valence electrons. The quantitative estimate of drug-likeness (QED) is 0.696. The molecule has 0 aliphatic heterocycles. The molecule has 0 bridgehead atoms. The van der Waals surface area contributed by atoms with Gasteiger partial charge in [0.15, 0.2) is 6.61 Å². The van der Waals surface area contributed by atoms with E-state index in [0.29, 0.717) is 18.6 Å². The van der Waals surface area contributed by atoms with Crippen molar-refractivity contribution in [1.29, 1.82) is 0 Å². The zero-order chi connectivity index (χ0) is 17.4. The highest BCUT2D eigenvalue weighted by molar-refractivity contribution is 5.77. The van der Waals surface area contributed by atoms with Crippen molar-refractivity contribution in [3.8, 4) is 5.75 Å². The molecule has 0 aromatic heterocycles. The third kappa shape index (κ3) is 6.16. The van der Waals surface area contributed by atoms with Gasteiger partial charge in [-0.25, -0.2) is 0 Å². The molecule has 1 amide bonds. The lowest BCUT2D eigenvalue weighted by Gasteiger charge is -2.15. The molecule has 0 saturated heterocycles. The first-order valence-corrected chi connectivity index (χ1v) is 9.18. The average molecular weight is 333 g/mol. The molecule has 4 heteroatoms. The second-order valence-electron chi connectivity index (χ2n) is 6.97. The molecule has 4 nitrogen and oxygen atoms in total. The molecule has 0 heterocycles. The maximum Gasteiger partial charge on any atom is 0.257 e. The van der Waals surface area contributed by atoms with Gasteiger partial charge in [-0.1, -0.05) is 38.8 Å². The second-order valence-corrected chi connectivity index (χ2v) is 6.97. The van der Waals surface area contributed by atoms with E-state index in [0.717, 1.165) is 29.9 Å². The van der Waals surface area contributed by atoms with Crippen molar-refractivity contribution in [2.24, 2.45) is 0 Å². The molecule has 0 atom stereocenters. The van der Waals surface area contributed by atoms with E-state index in [2.05, 4.69) is 31.3 Å². The van der Waals surface area contributed by atoms with Crippen molar-refractivity contribution < 1.29 is 14.3 Å². The van der Waals surface area contributed by atoms with E-state index in [4.69, 9.17) is 9.47 Å². The van der Waals surface area contributed by atoms with Crippen LogP contribution in [0, 0.1) is 6.92 Å².